The number of carbonyl (C=O) groups is 3. The molecule has 1 fully saturated rings. The lowest BCUT2D eigenvalue weighted by atomic mass is 10.1. The number of anilines is 2. The van der Waals surface area contributed by atoms with E-state index >= 15 is 0 Å². The van der Waals surface area contributed by atoms with Gasteiger partial charge in [0.2, 0.25) is 5.91 Å². The van der Waals surface area contributed by atoms with E-state index in [4.69, 9.17) is 4.74 Å². The molecule has 0 bridgehead atoms. The zero-order valence-corrected chi connectivity index (χ0v) is 19.3. The van der Waals surface area contributed by atoms with Crippen molar-refractivity contribution in [2.75, 3.05) is 16.8 Å². The lowest BCUT2D eigenvalue weighted by molar-refractivity contribution is -0.124. The van der Waals surface area contributed by atoms with E-state index in [0.717, 1.165) is 11.3 Å². The third-order valence-electron chi connectivity index (χ3n) is 5.59. The summed E-state index contributed by atoms with van der Waals surface area (Å²) in [5.41, 5.74) is 1.63. The van der Waals surface area contributed by atoms with Gasteiger partial charge in [0, 0.05) is 12.2 Å². The lowest BCUT2D eigenvalue weighted by Crippen LogP contribution is -2.37. The summed E-state index contributed by atoms with van der Waals surface area (Å²) in [6, 6.07) is 19.7. The van der Waals surface area contributed by atoms with Crippen molar-refractivity contribution in [3.8, 4) is 5.75 Å². The van der Waals surface area contributed by atoms with Crippen molar-refractivity contribution in [1.29, 1.82) is 0 Å². The van der Waals surface area contributed by atoms with Gasteiger partial charge in [-0.15, -0.1) is 0 Å². The van der Waals surface area contributed by atoms with Crippen molar-refractivity contribution in [1.82, 2.24) is 4.90 Å². The van der Waals surface area contributed by atoms with E-state index < -0.39 is 29.7 Å². The van der Waals surface area contributed by atoms with Crippen LogP contribution in [0.4, 0.5) is 20.6 Å². The standard InChI is InChI=1S/C27H26FN3O4/c1-2-16-35-23-14-12-21(13-15-23)29-25(32)17-24-26(33)31(22-6-4-3-5-7-22)27(34)30(24)18-19-8-10-20(28)11-9-19/h3-15,24H,2,16-18H2,1H3,(H,29,32)/t24-/m0/s1. The summed E-state index contributed by atoms with van der Waals surface area (Å²) in [6.07, 6.45) is 0.671. The fraction of sp³-hybridized carbons (Fsp3) is 0.222. The Hall–Kier alpha value is -4.20. The Morgan fingerprint density at radius 1 is 0.971 bits per heavy atom. The van der Waals surface area contributed by atoms with Crippen LogP contribution in [0.5, 0.6) is 5.75 Å². The normalized spacial score (nSPS) is 15.4. The highest BCUT2D eigenvalue weighted by Gasteiger charge is 2.46. The number of carbonyl (C=O) groups excluding carboxylic acids is 3. The molecule has 8 heteroatoms. The van der Waals surface area contributed by atoms with Crippen LogP contribution in [0, 0.1) is 5.82 Å². The highest BCUT2D eigenvalue weighted by molar-refractivity contribution is 6.22. The molecule has 35 heavy (non-hydrogen) atoms. The molecule has 3 aromatic rings. The quantitative estimate of drug-likeness (QED) is 0.443. The molecular formula is C27H26FN3O4. The first-order valence-corrected chi connectivity index (χ1v) is 11.4. The van der Waals surface area contributed by atoms with E-state index in [2.05, 4.69) is 5.32 Å². The second-order valence-electron chi connectivity index (χ2n) is 8.19. The zero-order valence-electron chi connectivity index (χ0n) is 19.3. The highest BCUT2D eigenvalue weighted by atomic mass is 19.1. The molecule has 4 amide bonds. The number of hydrogen-bond acceptors (Lipinski definition) is 4. The Labute approximate surface area is 203 Å². The van der Waals surface area contributed by atoms with Gasteiger partial charge in [-0.25, -0.2) is 14.1 Å². The first kappa shape index (κ1) is 23.9. The van der Waals surface area contributed by atoms with Crippen LogP contribution in [0.1, 0.15) is 25.3 Å². The number of urea groups is 1. The van der Waals surface area contributed by atoms with Crippen molar-refractivity contribution in [3.05, 3.63) is 90.2 Å². The van der Waals surface area contributed by atoms with Gasteiger partial charge in [-0.1, -0.05) is 37.3 Å². The van der Waals surface area contributed by atoms with E-state index in [1.807, 2.05) is 6.92 Å². The van der Waals surface area contributed by atoms with Crippen LogP contribution in [0.15, 0.2) is 78.9 Å². The molecule has 7 nitrogen and oxygen atoms in total. The summed E-state index contributed by atoms with van der Waals surface area (Å²) in [6.45, 7) is 2.68. The maximum absolute atomic E-state index is 13.4. The Morgan fingerprint density at radius 3 is 2.31 bits per heavy atom. The second-order valence-corrected chi connectivity index (χ2v) is 8.19. The molecular weight excluding hydrogens is 449 g/mol. The summed E-state index contributed by atoms with van der Waals surface area (Å²) in [5.74, 6) is -0.588. The third-order valence-corrected chi connectivity index (χ3v) is 5.59. The summed E-state index contributed by atoms with van der Waals surface area (Å²) < 4.78 is 18.9. The molecule has 0 saturated carbocycles. The van der Waals surface area contributed by atoms with Gasteiger partial charge < -0.3 is 15.0 Å². The molecule has 1 atom stereocenters. The lowest BCUT2D eigenvalue weighted by Gasteiger charge is -2.21. The van der Waals surface area contributed by atoms with Gasteiger partial charge in [0.1, 0.15) is 17.6 Å². The summed E-state index contributed by atoms with van der Waals surface area (Å²) >= 11 is 0. The van der Waals surface area contributed by atoms with Crippen LogP contribution in [0.3, 0.4) is 0 Å². The largest absolute Gasteiger partial charge is 0.494 e. The maximum atomic E-state index is 13.4. The number of halogens is 1. The number of rotatable bonds is 9. The summed E-state index contributed by atoms with van der Waals surface area (Å²) in [5, 5.41) is 2.78. The molecule has 1 N–H and O–H groups in total. The fourth-order valence-electron chi connectivity index (χ4n) is 3.86. The summed E-state index contributed by atoms with van der Waals surface area (Å²) in [4.78, 5) is 41.9. The molecule has 0 aliphatic carbocycles. The van der Waals surface area contributed by atoms with Gasteiger partial charge in [-0.05, 0) is 60.5 Å². The van der Waals surface area contributed by atoms with Crippen LogP contribution < -0.4 is 15.0 Å². The first-order valence-electron chi connectivity index (χ1n) is 11.4. The van der Waals surface area contributed by atoms with Crippen molar-refractivity contribution in [2.45, 2.75) is 32.4 Å². The van der Waals surface area contributed by atoms with Crippen molar-refractivity contribution < 1.29 is 23.5 Å². The minimum Gasteiger partial charge on any atom is -0.494 e. The Bertz CT molecular complexity index is 1180. The monoisotopic (exact) mass is 475 g/mol. The number of ether oxygens (including phenoxy) is 1. The van der Waals surface area contributed by atoms with Crippen molar-refractivity contribution in [2.24, 2.45) is 0 Å². The van der Waals surface area contributed by atoms with E-state index in [9.17, 15) is 18.8 Å². The van der Waals surface area contributed by atoms with Gasteiger partial charge in [-0.3, -0.25) is 9.59 Å². The van der Waals surface area contributed by atoms with Gasteiger partial charge in [0.25, 0.3) is 5.91 Å². The predicted octanol–water partition coefficient (Wildman–Crippen LogP) is 4.98. The average Bonchev–Trinajstić information content (AvgIpc) is 3.09. The highest BCUT2D eigenvalue weighted by Crippen LogP contribution is 2.28. The third kappa shape index (κ3) is 5.66. The SMILES string of the molecule is CCCOc1ccc(NC(=O)C[C@H]2C(=O)N(c3ccccc3)C(=O)N2Cc2ccc(F)cc2)cc1. The van der Waals surface area contributed by atoms with Gasteiger partial charge in [0.05, 0.1) is 18.7 Å². The number of benzene rings is 3. The van der Waals surface area contributed by atoms with Crippen LogP contribution in [0.25, 0.3) is 0 Å². The molecule has 180 valence electrons. The van der Waals surface area contributed by atoms with E-state index in [-0.39, 0.29) is 13.0 Å². The first-order chi connectivity index (χ1) is 17.0. The van der Waals surface area contributed by atoms with Crippen LogP contribution in [-0.4, -0.2) is 35.4 Å². The van der Waals surface area contributed by atoms with Gasteiger partial charge in [-0.2, -0.15) is 0 Å². The Balaban J connectivity index is 1.52. The molecule has 0 unspecified atom stereocenters. The van der Waals surface area contributed by atoms with Gasteiger partial charge in [0.15, 0.2) is 0 Å². The van der Waals surface area contributed by atoms with Crippen LogP contribution in [-0.2, 0) is 16.1 Å². The molecule has 0 aromatic heterocycles. The fourth-order valence-corrected chi connectivity index (χ4v) is 3.86. The van der Waals surface area contributed by atoms with Gasteiger partial charge >= 0.3 is 6.03 Å². The Morgan fingerprint density at radius 2 is 1.66 bits per heavy atom. The number of amides is 4. The molecule has 0 spiro atoms. The average molecular weight is 476 g/mol. The number of imide groups is 1. The molecule has 0 radical (unpaired) electrons. The topological polar surface area (TPSA) is 79.0 Å². The molecule has 1 aliphatic heterocycles. The smallest absolute Gasteiger partial charge is 0.332 e. The molecule has 1 heterocycles. The Kier molecular flexibility index (Phi) is 7.40. The van der Waals surface area contributed by atoms with Crippen molar-refractivity contribution in [3.63, 3.8) is 0 Å². The maximum Gasteiger partial charge on any atom is 0.332 e. The number of nitrogens with zero attached hydrogens (tertiary/aromatic N) is 2. The minimum absolute atomic E-state index is 0.0651. The molecule has 1 aliphatic rings. The van der Waals surface area contributed by atoms with E-state index in [1.165, 1.54) is 17.0 Å². The van der Waals surface area contributed by atoms with E-state index in [0.29, 0.717) is 29.3 Å². The van der Waals surface area contributed by atoms with Crippen LogP contribution >= 0.6 is 0 Å². The number of hydrogen-bond donors (Lipinski definition) is 1. The van der Waals surface area contributed by atoms with Crippen LogP contribution in [0.2, 0.25) is 0 Å². The predicted molar refractivity (Wildman–Crippen MR) is 131 cm³/mol. The number of nitrogens with one attached hydrogen (secondary N) is 1. The van der Waals surface area contributed by atoms with E-state index in [1.54, 1.807) is 66.7 Å². The van der Waals surface area contributed by atoms with Crippen molar-refractivity contribution >= 4 is 29.2 Å². The molecule has 1 saturated heterocycles. The number of para-hydroxylation sites is 1. The minimum atomic E-state index is -1.00. The summed E-state index contributed by atoms with van der Waals surface area (Å²) in [7, 11) is 0. The second kappa shape index (κ2) is 10.8. The molecule has 3 aromatic carbocycles. The molecule has 4 rings (SSSR count). The zero-order chi connectivity index (χ0) is 24.8.